The van der Waals surface area contributed by atoms with E-state index in [1.165, 1.54) is 0 Å². The van der Waals surface area contributed by atoms with E-state index in [-0.39, 0.29) is 24.1 Å². The minimum Gasteiger partial charge on any atom is -0.466 e. The minimum absolute atomic E-state index is 0.0289. The molecule has 0 aromatic heterocycles. The van der Waals surface area contributed by atoms with Gasteiger partial charge in [-0.15, -0.1) is 0 Å². The molecule has 0 N–H and O–H groups in total. The molecule has 0 saturated heterocycles. The predicted molar refractivity (Wildman–Crippen MR) is 76.3 cm³/mol. The molecule has 0 aromatic rings. The summed E-state index contributed by atoms with van der Waals surface area (Å²) >= 11 is 2.39. The molecule has 0 bridgehead atoms. The lowest BCUT2D eigenvalue weighted by Gasteiger charge is -2.23. The Bertz CT molecular complexity index is 255. The number of ether oxygens (including phenoxy) is 2. The molecule has 1 saturated carbocycles. The van der Waals surface area contributed by atoms with Crippen LogP contribution in [0.3, 0.4) is 0 Å². The second kappa shape index (κ2) is 6.92. The van der Waals surface area contributed by atoms with Crippen LogP contribution < -0.4 is 0 Å². The number of carbonyl (C=O) groups excluding carboxylic acids is 1. The van der Waals surface area contributed by atoms with E-state index < -0.39 is 0 Å². The normalized spacial score (nSPS) is 30.6. The maximum Gasteiger partial charge on any atom is 0.309 e. The molecule has 1 fully saturated rings. The van der Waals surface area contributed by atoms with Gasteiger partial charge in [-0.1, -0.05) is 36.4 Å². The number of esters is 1. The summed E-state index contributed by atoms with van der Waals surface area (Å²) in [5, 5.41) is 0. The maximum atomic E-state index is 11.7. The Kier molecular flexibility index (Phi) is 6.20. The molecular formula is C13H23IO3. The maximum absolute atomic E-state index is 11.7. The second-order valence-corrected chi connectivity index (χ2v) is 6.66. The van der Waals surface area contributed by atoms with Crippen molar-refractivity contribution in [3.8, 4) is 0 Å². The number of rotatable bonds is 5. The quantitative estimate of drug-likeness (QED) is 0.432. The summed E-state index contributed by atoms with van der Waals surface area (Å²) < 4.78 is 11.5. The topological polar surface area (TPSA) is 35.5 Å². The van der Waals surface area contributed by atoms with E-state index >= 15 is 0 Å². The first-order chi connectivity index (χ1) is 7.95. The van der Waals surface area contributed by atoms with Gasteiger partial charge in [0.05, 0.1) is 24.7 Å². The molecule has 4 atom stereocenters. The standard InChI is InChI=1S/C13H23IO3/c1-5-16-13(15)10-6-11(14)12(7-10)17-9(4)8(2)3/h8-12H,5-7H2,1-4H3. The van der Waals surface area contributed by atoms with Crippen LogP contribution in [0, 0.1) is 11.8 Å². The lowest BCUT2D eigenvalue weighted by Crippen LogP contribution is -2.27. The van der Waals surface area contributed by atoms with Gasteiger partial charge in [0.15, 0.2) is 0 Å². The van der Waals surface area contributed by atoms with Crippen LogP contribution >= 0.6 is 22.6 Å². The monoisotopic (exact) mass is 354 g/mol. The highest BCUT2D eigenvalue weighted by molar-refractivity contribution is 14.1. The Balaban J connectivity index is 2.46. The van der Waals surface area contributed by atoms with Gasteiger partial charge in [0.2, 0.25) is 0 Å². The van der Waals surface area contributed by atoms with Gasteiger partial charge in [0.1, 0.15) is 0 Å². The molecule has 0 aliphatic heterocycles. The fraction of sp³-hybridized carbons (Fsp3) is 0.923. The fourth-order valence-corrected chi connectivity index (χ4v) is 3.05. The summed E-state index contributed by atoms with van der Waals surface area (Å²) in [5.41, 5.74) is 0. The van der Waals surface area contributed by atoms with Crippen molar-refractivity contribution in [2.45, 2.75) is 56.7 Å². The lowest BCUT2D eigenvalue weighted by molar-refractivity contribution is -0.148. The molecule has 0 amide bonds. The highest BCUT2D eigenvalue weighted by Crippen LogP contribution is 2.35. The SMILES string of the molecule is CCOC(=O)C1CC(I)C(OC(C)C(C)C)C1. The average molecular weight is 354 g/mol. The molecule has 1 aliphatic rings. The van der Waals surface area contributed by atoms with Crippen LogP contribution in [0.5, 0.6) is 0 Å². The highest BCUT2D eigenvalue weighted by atomic mass is 127. The first-order valence-electron chi connectivity index (χ1n) is 6.41. The van der Waals surface area contributed by atoms with Gasteiger partial charge in [0.25, 0.3) is 0 Å². The summed E-state index contributed by atoms with van der Waals surface area (Å²) in [6.45, 7) is 8.74. The summed E-state index contributed by atoms with van der Waals surface area (Å²) in [6.07, 6.45) is 2.14. The van der Waals surface area contributed by atoms with Crippen molar-refractivity contribution in [3.63, 3.8) is 0 Å². The van der Waals surface area contributed by atoms with E-state index in [2.05, 4.69) is 43.4 Å². The van der Waals surface area contributed by atoms with Crippen LogP contribution in [0.1, 0.15) is 40.5 Å². The predicted octanol–water partition coefficient (Wildman–Crippen LogP) is 3.19. The van der Waals surface area contributed by atoms with E-state index in [0.29, 0.717) is 16.4 Å². The number of hydrogen-bond donors (Lipinski definition) is 0. The zero-order valence-corrected chi connectivity index (χ0v) is 13.3. The van der Waals surface area contributed by atoms with Crippen LogP contribution in [0.4, 0.5) is 0 Å². The van der Waals surface area contributed by atoms with E-state index in [1.54, 1.807) is 0 Å². The average Bonchev–Trinajstić information content (AvgIpc) is 2.60. The van der Waals surface area contributed by atoms with Crippen LogP contribution in [-0.2, 0) is 14.3 Å². The summed E-state index contributed by atoms with van der Waals surface area (Å²) in [5.74, 6) is 0.485. The first-order valence-corrected chi connectivity index (χ1v) is 7.66. The van der Waals surface area contributed by atoms with Crippen molar-refractivity contribution >= 4 is 28.6 Å². The number of alkyl halides is 1. The molecule has 1 aliphatic carbocycles. The van der Waals surface area contributed by atoms with E-state index in [1.807, 2.05) is 6.92 Å². The fourth-order valence-electron chi connectivity index (χ4n) is 1.97. The van der Waals surface area contributed by atoms with Crippen LogP contribution in [-0.4, -0.2) is 28.7 Å². The van der Waals surface area contributed by atoms with Gasteiger partial charge < -0.3 is 9.47 Å². The Morgan fingerprint density at radius 1 is 1.35 bits per heavy atom. The molecule has 3 nitrogen and oxygen atoms in total. The van der Waals surface area contributed by atoms with Crippen molar-refractivity contribution in [3.05, 3.63) is 0 Å². The summed E-state index contributed by atoms with van der Waals surface area (Å²) in [7, 11) is 0. The van der Waals surface area contributed by atoms with Gasteiger partial charge in [0, 0.05) is 3.92 Å². The van der Waals surface area contributed by atoms with Gasteiger partial charge in [-0.3, -0.25) is 4.79 Å². The molecule has 4 unspecified atom stereocenters. The molecule has 17 heavy (non-hydrogen) atoms. The zero-order chi connectivity index (χ0) is 13.0. The molecule has 4 heteroatoms. The third-order valence-electron chi connectivity index (χ3n) is 3.38. The summed E-state index contributed by atoms with van der Waals surface area (Å²) in [4.78, 5) is 11.7. The molecule has 1 rings (SSSR count). The smallest absolute Gasteiger partial charge is 0.309 e. The molecule has 100 valence electrons. The molecular weight excluding hydrogens is 331 g/mol. The largest absolute Gasteiger partial charge is 0.466 e. The van der Waals surface area contributed by atoms with Crippen molar-refractivity contribution in [2.24, 2.45) is 11.8 Å². The third kappa shape index (κ3) is 4.39. The Labute approximate surface area is 118 Å². The van der Waals surface area contributed by atoms with E-state index in [0.717, 1.165) is 12.8 Å². The first kappa shape index (κ1) is 15.2. The van der Waals surface area contributed by atoms with Crippen molar-refractivity contribution < 1.29 is 14.3 Å². The zero-order valence-electron chi connectivity index (χ0n) is 11.1. The molecule has 0 aromatic carbocycles. The number of halogens is 1. The molecule has 0 radical (unpaired) electrons. The number of hydrogen-bond acceptors (Lipinski definition) is 3. The van der Waals surface area contributed by atoms with Crippen LogP contribution in [0.25, 0.3) is 0 Å². The Hall–Kier alpha value is 0.160. The van der Waals surface area contributed by atoms with Crippen molar-refractivity contribution in [2.75, 3.05) is 6.61 Å². The van der Waals surface area contributed by atoms with E-state index in [9.17, 15) is 4.79 Å². The Morgan fingerprint density at radius 3 is 2.53 bits per heavy atom. The number of carbonyl (C=O) groups is 1. The van der Waals surface area contributed by atoms with Crippen LogP contribution in [0.15, 0.2) is 0 Å². The third-order valence-corrected chi connectivity index (χ3v) is 4.69. The lowest BCUT2D eigenvalue weighted by atomic mass is 10.1. The van der Waals surface area contributed by atoms with E-state index in [4.69, 9.17) is 9.47 Å². The second-order valence-electron chi connectivity index (χ2n) is 5.06. The van der Waals surface area contributed by atoms with Crippen molar-refractivity contribution in [1.82, 2.24) is 0 Å². The van der Waals surface area contributed by atoms with Gasteiger partial charge in [-0.25, -0.2) is 0 Å². The molecule has 0 spiro atoms. The van der Waals surface area contributed by atoms with Crippen LogP contribution in [0.2, 0.25) is 0 Å². The minimum atomic E-state index is -0.0579. The molecule has 0 heterocycles. The van der Waals surface area contributed by atoms with Gasteiger partial charge >= 0.3 is 5.97 Å². The van der Waals surface area contributed by atoms with Gasteiger partial charge in [-0.05, 0) is 32.6 Å². The Morgan fingerprint density at radius 2 is 2.00 bits per heavy atom. The highest BCUT2D eigenvalue weighted by Gasteiger charge is 2.38. The summed E-state index contributed by atoms with van der Waals surface area (Å²) in [6, 6.07) is 0. The van der Waals surface area contributed by atoms with Gasteiger partial charge in [-0.2, -0.15) is 0 Å². The van der Waals surface area contributed by atoms with Crippen molar-refractivity contribution in [1.29, 1.82) is 0 Å².